The molecule has 0 saturated carbocycles. The van der Waals surface area contributed by atoms with Gasteiger partial charge in [0.05, 0.1) is 19.6 Å². The Labute approximate surface area is 140 Å². The van der Waals surface area contributed by atoms with Gasteiger partial charge in [0.1, 0.15) is 6.54 Å². The van der Waals surface area contributed by atoms with Gasteiger partial charge in [0.25, 0.3) is 0 Å². The second-order valence-corrected chi connectivity index (χ2v) is 6.60. The molecule has 1 aliphatic heterocycles. The minimum Gasteiger partial charge on any atom is -0.317 e. The largest absolute Gasteiger partial charge is 0.317 e. The van der Waals surface area contributed by atoms with Crippen LogP contribution in [0.25, 0.3) is 6.08 Å². The van der Waals surface area contributed by atoms with Crippen molar-refractivity contribution in [2.45, 2.75) is 13.0 Å². The number of rotatable bonds is 6. The molecule has 1 saturated heterocycles. The van der Waals surface area contributed by atoms with E-state index < -0.39 is 0 Å². The van der Waals surface area contributed by atoms with Crippen molar-refractivity contribution in [3.8, 4) is 0 Å². The summed E-state index contributed by atoms with van der Waals surface area (Å²) in [6, 6.07) is 19.8. The fraction of sp³-hybridized carbons (Fsp3) is 0.333. The number of quaternary nitrogens is 1. The Morgan fingerprint density at radius 2 is 1.61 bits per heavy atom. The third-order valence-corrected chi connectivity index (χ3v) is 4.98. The molecule has 0 spiro atoms. The predicted molar refractivity (Wildman–Crippen MR) is 98.1 cm³/mol. The Balaban J connectivity index is 1.69. The van der Waals surface area contributed by atoms with Crippen molar-refractivity contribution in [1.82, 2.24) is 5.32 Å². The zero-order valence-electron chi connectivity index (χ0n) is 13.9. The van der Waals surface area contributed by atoms with Gasteiger partial charge in [-0.25, -0.2) is 0 Å². The molecule has 1 N–H and O–H groups in total. The van der Waals surface area contributed by atoms with E-state index in [1.807, 2.05) is 6.08 Å². The minimum absolute atomic E-state index is 1.13. The fourth-order valence-corrected chi connectivity index (χ4v) is 3.49. The first-order valence-electron chi connectivity index (χ1n) is 8.61. The monoisotopic (exact) mass is 307 g/mol. The van der Waals surface area contributed by atoms with Crippen LogP contribution in [-0.2, 0) is 13.0 Å². The lowest BCUT2D eigenvalue weighted by Crippen LogP contribution is -2.58. The van der Waals surface area contributed by atoms with Gasteiger partial charge in [-0.05, 0) is 11.1 Å². The standard InChI is InChI=1S/C21H27N2/c1-2-19-8-10-20(11-9-19)12-15-23(16-13-22-14-17-23)18-21-6-4-3-5-7-21/h2-11,22H,1,12-18H2/q+1. The van der Waals surface area contributed by atoms with E-state index in [2.05, 4.69) is 66.5 Å². The van der Waals surface area contributed by atoms with E-state index in [-0.39, 0.29) is 0 Å². The first-order valence-corrected chi connectivity index (χ1v) is 8.61. The quantitative estimate of drug-likeness (QED) is 0.806. The zero-order chi connectivity index (χ0) is 16.0. The lowest BCUT2D eigenvalue weighted by molar-refractivity contribution is -0.942. The van der Waals surface area contributed by atoms with E-state index in [0.29, 0.717) is 0 Å². The highest BCUT2D eigenvalue weighted by atomic mass is 15.4. The summed E-state index contributed by atoms with van der Waals surface area (Å²) in [4.78, 5) is 0. The maximum atomic E-state index is 3.83. The minimum atomic E-state index is 1.13. The molecule has 0 bridgehead atoms. The number of nitrogens with zero attached hydrogens (tertiary/aromatic N) is 1. The van der Waals surface area contributed by atoms with Crippen LogP contribution in [0.5, 0.6) is 0 Å². The first kappa shape index (κ1) is 16.0. The van der Waals surface area contributed by atoms with Crippen molar-refractivity contribution >= 4 is 6.08 Å². The maximum Gasteiger partial charge on any atom is 0.104 e. The van der Waals surface area contributed by atoms with Gasteiger partial charge >= 0.3 is 0 Å². The Bertz CT molecular complexity index is 610. The zero-order valence-corrected chi connectivity index (χ0v) is 13.9. The molecule has 0 unspecified atom stereocenters. The Hall–Kier alpha value is -1.90. The molecule has 2 heteroatoms. The average molecular weight is 307 g/mol. The van der Waals surface area contributed by atoms with E-state index in [0.717, 1.165) is 26.1 Å². The maximum absolute atomic E-state index is 3.83. The number of hydrogen-bond acceptors (Lipinski definition) is 1. The summed E-state index contributed by atoms with van der Waals surface area (Å²) >= 11 is 0. The van der Waals surface area contributed by atoms with Crippen molar-refractivity contribution in [2.24, 2.45) is 0 Å². The second kappa shape index (κ2) is 7.58. The van der Waals surface area contributed by atoms with Gasteiger partial charge in [0.2, 0.25) is 0 Å². The summed E-state index contributed by atoms with van der Waals surface area (Å²) < 4.78 is 1.19. The molecular formula is C21H27N2+. The smallest absolute Gasteiger partial charge is 0.104 e. The molecule has 1 heterocycles. The number of hydrogen-bond donors (Lipinski definition) is 1. The van der Waals surface area contributed by atoms with Gasteiger partial charge < -0.3 is 9.80 Å². The van der Waals surface area contributed by atoms with E-state index in [1.165, 1.54) is 40.8 Å². The molecule has 0 radical (unpaired) electrons. The van der Waals surface area contributed by atoms with Gasteiger partial charge in [-0.1, -0.05) is 67.3 Å². The molecule has 2 aromatic rings. The summed E-state index contributed by atoms with van der Waals surface area (Å²) in [5.74, 6) is 0. The van der Waals surface area contributed by atoms with E-state index in [9.17, 15) is 0 Å². The molecule has 0 aliphatic carbocycles. The van der Waals surface area contributed by atoms with Crippen LogP contribution in [0.3, 0.4) is 0 Å². The van der Waals surface area contributed by atoms with Crippen molar-refractivity contribution in [1.29, 1.82) is 0 Å². The number of nitrogens with one attached hydrogen (secondary N) is 1. The van der Waals surface area contributed by atoms with Crippen LogP contribution in [0.2, 0.25) is 0 Å². The van der Waals surface area contributed by atoms with E-state index in [1.54, 1.807) is 0 Å². The normalized spacial score (nSPS) is 16.9. The second-order valence-electron chi connectivity index (χ2n) is 6.60. The molecule has 1 aliphatic rings. The topological polar surface area (TPSA) is 12.0 Å². The summed E-state index contributed by atoms with van der Waals surface area (Å²) in [5.41, 5.74) is 4.08. The molecule has 23 heavy (non-hydrogen) atoms. The number of benzene rings is 2. The molecule has 0 amide bonds. The van der Waals surface area contributed by atoms with Crippen molar-refractivity contribution < 1.29 is 4.48 Å². The SMILES string of the molecule is C=Cc1ccc(CC[N+]2(Cc3ccccc3)CCNCC2)cc1. The molecule has 3 rings (SSSR count). The van der Waals surface area contributed by atoms with Gasteiger partial charge in [-0.15, -0.1) is 0 Å². The van der Waals surface area contributed by atoms with Crippen molar-refractivity contribution in [3.05, 3.63) is 77.9 Å². The van der Waals surface area contributed by atoms with Gasteiger partial charge in [0, 0.05) is 25.1 Å². The van der Waals surface area contributed by atoms with Gasteiger partial charge in [0.15, 0.2) is 0 Å². The summed E-state index contributed by atoms with van der Waals surface area (Å²) in [6.07, 6.45) is 3.05. The first-order chi connectivity index (χ1) is 11.3. The van der Waals surface area contributed by atoms with Crippen LogP contribution in [0, 0.1) is 0 Å². The Kier molecular flexibility index (Phi) is 5.27. The van der Waals surface area contributed by atoms with Crippen LogP contribution < -0.4 is 5.32 Å². The molecule has 0 aromatic heterocycles. The summed E-state index contributed by atoms with van der Waals surface area (Å²) in [6.45, 7) is 10.9. The van der Waals surface area contributed by atoms with Crippen molar-refractivity contribution in [3.63, 3.8) is 0 Å². The van der Waals surface area contributed by atoms with Crippen molar-refractivity contribution in [2.75, 3.05) is 32.7 Å². The average Bonchev–Trinajstić information content (AvgIpc) is 2.62. The van der Waals surface area contributed by atoms with E-state index >= 15 is 0 Å². The Morgan fingerprint density at radius 1 is 0.913 bits per heavy atom. The molecule has 2 aromatic carbocycles. The molecular weight excluding hydrogens is 280 g/mol. The predicted octanol–water partition coefficient (Wildman–Crippen LogP) is 3.49. The lowest BCUT2D eigenvalue weighted by atomic mass is 10.1. The van der Waals surface area contributed by atoms with Crippen LogP contribution in [0.15, 0.2) is 61.2 Å². The Morgan fingerprint density at radius 3 is 2.26 bits per heavy atom. The summed E-state index contributed by atoms with van der Waals surface area (Å²) in [5, 5.41) is 3.51. The third-order valence-electron chi connectivity index (χ3n) is 4.98. The third kappa shape index (κ3) is 4.31. The fourth-order valence-electron chi connectivity index (χ4n) is 3.49. The summed E-state index contributed by atoms with van der Waals surface area (Å²) in [7, 11) is 0. The number of piperazine rings is 1. The molecule has 120 valence electrons. The highest BCUT2D eigenvalue weighted by Crippen LogP contribution is 2.18. The lowest BCUT2D eigenvalue weighted by Gasteiger charge is -2.42. The van der Waals surface area contributed by atoms with Gasteiger partial charge in [-0.3, -0.25) is 0 Å². The van der Waals surface area contributed by atoms with Crippen LogP contribution >= 0.6 is 0 Å². The van der Waals surface area contributed by atoms with E-state index in [4.69, 9.17) is 0 Å². The van der Waals surface area contributed by atoms with Crippen LogP contribution in [0.1, 0.15) is 16.7 Å². The molecule has 1 fully saturated rings. The highest BCUT2D eigenvalue weighted by Gasteiger charge is 2.29. The highest BCUT2D eigenvalue weighted by molar-refractivity contribution is 5.47. The molecule has 0 atom stereocenters. The van der Waals surface area contributed by atoms with Crippen LogP contribution in [0.4, 0.5) is 0 Å². The van der Waals surface area contributed by atoms with Crippen LogP contribution in [-0.4, -0.2) is 37.2 Å². The van der Waals surface area contributed by atoms with Gasteiger partial charge in [-0.2, -0.15) is 0 Å². The molecule has 2 nitrogen and oxygen atoms in total.